The zero-order valence-corrected chi connectivity index (χ0v) is 17.1. The van der Waals surface area contributed by atoms with E-state index in [0.717, 1.165) is 18.6 Å². The molecule has 0 saturated heterocycles. The number of ether oxygens (including phenoxy) is 2. The number of carbonyl (C=O) groups excluding carboxylic acids is 1. The largest absolute Gasteiger partial charge is 0.455 e. The molecule has 30 heavy (non-hydrogen) atoms. The molecule has 0 aromatic heterocycles. The predicted molar refractivity (Wildman–Crippen MR) is 107 cm³/mol. The van der Waals surface area contributed by atoms with Crippen LogP contribution in [0.1, 0.15) is 49.9 Å². The maximum atomic E-state index is 13.6. The summed E-state index contributed by atoms with van der Waals surface area (Å²) in [6.07, 6.45) is -4.66. The van der Waals surface area contributed by atoms with Gasteiger partial charge in [0.15, 0.2) is 0 Å². The molecule has 0 radical (unpaired) electrons. The van der Waals surface area contributed by atoms with Crippen LogP contribution in [-0.2, 0) is 25.9 Å². The first kappa shape index (κ1) is 23.0. The minimum Gasteiger partial charge on any atom is -0.455 e. The van der Waals surface area contributed by atoms with Crippen LogP contribution in [0.25, 0.3) is 11.3 Å². The van der Waals surface area contributed by atoms with E-state index in [-0.39, 0.29) is 22.3 Å². The van der Waals surface area contributed by atoms with E-state index < -0.39 is 24.5 Å². The lowest BCUT2D eigenvalue weighted by atomic mass is 9.86. The molecule has 2 rings (SSSR count). The third-order valence-corrected chi connectivity index (χ3v) is 4.32. The molecule has 0 bridgehead atoms. The van der Waals surface area contributed by atoms with Crippen LogP contribution in [0.15, 0.2) is 48.5 Å². The van der Waals surface area contributed by atoms with Gasteiger partial charge in [-0.1, -0.05) is 63.2 Å². The zero-order valence-electron chi connectivity index (χ0n) is 17.1. The Balaban J connectivity index is 2.66. The second-order valence-corrected chi connectivity index (χ2v) is 7.58. The van der Waals surface area contributed by atoms with Gasteiger partial charge >= 0.3 is 12.1 Å². The monoisotopic (exact) mass is 417 g/mol. The van der Waals surface area contributed by atoms with Gasteiger partial charge in [0.2, 0.25) is 6.79 Å². The van der Waals surface area contributed by atoms with Gasteiger partial charge in [0.05, 0.1) is 5.56 Å². The molecule has 4 nitrogen and oxygen atoms in total. The average molecular weight is 417 g/mol. The summed E-state index contributed by atoms with van der Waals surface area (Å²) in [5.74, 6) is -0.971. The highest BCUT2D eigenvalue weighted by atomic mass is 19.4. The second-order valence-electron chi connectivity index (χ2n) is 7.58. The normalized spacial score (nSPS) is 12.6. The molecule has 7 heteroatoms. The number of hydrogen-bond donors (Lipinski definition) is 0. The summed E-state index contributed by atoms with van der Waals surface area (Å²) in [4.78, 5) is 11.1. The van der Waals surface area contributed by atoms with Crippen LogP contribution >= 0.6 is 0 Å². The van der Waals surface area contributed by atoms with Crippen LogP contribution in [0.3, 0.4) is 0 Å². The van der Waals surface area contributed by atoms with Gasteiger partial charge in [-0.3, -0.25) is 4.79 Å². The van der Waals surface area contributed by atoms with Crippen molar-refractivity contribution >= 4 is 17.3 Å². The first-order chi connectivity index (χ1) is 13.9. The molecular weight excluding hydrogens is 395 g/mol. The third kappa shape index (κ3) is 5.63. The lowest BCUT2D eigenvalue weighted by Crippen LogP contribution is -2.12. The molecule has 0 saturated carbocycles. The Labute approximate surface area is 173 Å². The van der Waals surface area contributed by atoms with Crippen molar-refractivity contribution in [3.63, 3.8) is 0 Å². The van der Waals surface area contributed by atoms with Crippen molar-refractivity contribution in [3.8, 4) is 6.07 Å². The van der Waals surface area contributed by atoms with Gasteiger partial charge in [-0.15, -0.1) is 0 Å². The Morgan fingerprint density at radius 1 is 1.00 bits per heavy atom. The summed E-state index contributed by atoms with van der Waals surface area (Å²) < 4.78 is 50.8. The number of nitriles is 1. The fourth-order valence-electron chi connectivity index (χ4n) is 2.77. The molecule has 0 N–H and O–H groups in total. The molecule has 0 fully saturated rings. The molecular formula is C23H22F3NO3. The van der Waals surface area contributed by atoms with Gasteiger partial charge in [0.25, 0.3) is 0 Å². The van der Waals surface area contributed by atoms with Crippen molar-refractivity contribution < 1.29 is 27.4 Å². The van der Waals surface area contributed by atoms with Crippen molar-refractivity contribution in [1.82, 2.24) is 0 Å². The molecule has 0 aliphatic rings. The molecule has 2 aromatic carbocycles. The number of alkyl halides is 3. The van der Waals surface area contributed by atoms with Gasteiger partial charge in [-0.25, -0.2) is 0 Å². The first-order valence-electron chi connectivity index (χ1n) is 9.13. The minimum absolute atomic E-state index is 0.0979. The lowest BCUT2D eigenvalue weighted by Gasteiger charge is -2.20. The summed E-state index contributed by atoms with van der Waals surface area (Å²) in [5, 5.41) is 9.77. The smallest absolute Gasteiger partial charge is 0.417 e. The average Bonchev–Trinajstić information content (AvgIpc) is 2.66. The number of esters is 1. The maximum Gasteiger partial charge on any atom is 0.417 e. The highest BCUT2D eigenvalue weighted by molar-refractivity contribution is 5.95. The Bertz CT molecular complexity index is 978. The third-order valence-electron chi connectivity index (χ3n) is 4.32. The van der Waals surface area contributed by atoms with Crippen LogP contribution in [0.4, 0.5) is 13.2 Å². The highest BCUT2D eigenvalue weighted by Crippen LogP contribution is 2.38. The van der Waals surface area contributed by atoms with Gasteiger partial charge in [0.1, 0.15) is 17.4 Å². The summed E-state index contributed by atoms with van der Waals surface area (Å²) in [7, 11) is 0. The van der Waals surface area contributed by atoms with Crippen molar-refractivity contribution in [2.75, 3.05) is 6.79 Å². The van der Waals surface area contributed by atoms with Gasteiger partial charge in [-0.05, 0) is 22.6 Å². The second kappa shape index (κ2) is 9.04. The number of benzene rings is 2. The van der Waals surface area contributed by atoms with Crippen molar-refractivity contribution in [3.05, 3.63) is 70.8 Å². The van der Waals surface area contributed by atoms with Gasteiger partial charge in [-0.2, -0.15) is 18.4 Å². The van der Waals surface area contributed by atoms with Crippen LogP contribution in [0.2, 0.25) is 0 Å². The van der Waals surface area contributed by atoms with Crippen molar-refractivity contribution in [2.45, 2.75) is 39.3 Å². The quantitative estimate of drug-likeness (QED) is 0.199. The number of allylic oxidation sites excluding steroid dienone is 1. The van der Waals surface area contributed by atoms with E-state index in [1.807, 2.05) is 39.0 Å². The van der Waals surface area contributed by atoms with E-state index in [1.54, 1.807) is 12.1 Å². The SMILES string of the molecule is CC(=O)OCOC(=C(C#N)c1ccc(C(C)(C)C)cc1)c1ccccc1C(F)(F)F. The molecule has 0 spiro atoms. The summed E-state index contributed by atoms with van der Waals surface area (Å²) in [6, 6.07) is 13.7. The summed E-state index contributed by atoms with van der Waals surface area (Å²) in [6.45, 7) is 6.59. The van der Waals surface area contributed by atoms with E-state index >= 15 is 0 Å². The standard InChI is InChI=1S/C23H22F3NO3/c1-15(28)29-14-30-21(18-7-5-6-8-20(18)23(24,25)26)19(13-27)16-9-11-17(12-10-16)22(2,3)4/h5-12H,14H2,1-4H3. The number of rotatable bonds is 5. The molecule has 0 amide bonds. The zero-order chi connectivity index (χ0) is 22.5. The Morgan fingerprint density at radius 3 is 2.10 bits per heavy atom. The Kier molecular flexibility index (Phi) is 6.93. The topological polar surface area (TPSA) is 59.3 Å². The molecule has 0 aliphatic carbocycles. The fraction of sp³-hybridized carbons (Fsp3) is 0.304. The predicted octanol–water partition coefficient (Wildman–Crippen LogP) is 5.93. The van der Waals surface area contributed by atoms with Crippen LogP contribution in [0, 0.1) is 11.3 Å². The van der Waals surface area contributed by atoms with Crippen molar-refractivity contribution in [2.24, 2.45) is 0 Å². The maximum absolute atomic E-state index is 13.6. The lowest BCUT2D eigenvalue weighted by molar-refractivity contribution is -0.149. The van der Waals surface area contributed by atoms with Gasteiger partial charge in [0, 0.05) is 12.5 Å². The number of hydrogen-bond acceptors (Lipinski definition) is 4. The van der Waals surface area contributed by atoms with E-state index in [0.29, 0.717) is 5.56 Å². The molecule has 158 valence electrons. The van der Waals surface area contributed by atoms with E-state index in [2.05, 4.69) is 0 Å². The minimum atomic E-state index is -4.66. The van der Waals surface area contributed by atoms with E-state index in [4.69, 9.17) is 9.47 Å². The summed E-state index contributed by atoms with van der Waals surface area (Å²) in [5.41, 5.74) is -0.108. The first-order valence-corrected chi connectivity index (χ1v) is 9.13. The molecule has 0 aliphatic heterocycles. The van der Waals surface area contributed by atoms with E-state index in [1.165, 1.54) is 18.2 Å². The fourth-order valence-corrected chi connectivity index (χ4v) is 2.77. The molecule has 0 heterocycles. The highest BCUT2D eigenvalue weighted by Gasteiger charge is 2.35. The molecule has 0 unspecified atom stereocenters. The number of halogens is 3. The Hall–Kier alpha value is -3.27. The Morgan fingerprint density at radius 2 is 1.60 bits per heavy atom. The number of nitrogens with zero attached hydrogens (tertiary/aromatic N) is 1. The summed E-state index contributed by atoms with van der Waals surface area (Å²) >= 11 is 0. The van der Waals surface area contributed by atoms with Crippen LogP contribution in [-0.4, -0.2) is 12.8 Å². The van der Waals surface area contributed by atoms with Crippen molar-refractivity contribution in [1.29, 1.82) is 5.26 Å². The molecule has 2 aromatic rings. The van der Waals surface area contributed by atoms with E-state index in [9.17, 15) is 23.2 Å². The molecule has 0 atom stereocenters. The van der Waals surface area contributed by atoms with Crippen LogP contribution in [0.5, 0.6) is 0 Å². The van der Waals surface area contributed by atoms with Crippen LogP contribution < -0.4 is 0 Å². The number of carbonyl (C=O) groups is 1. The van der Waals surface area contributed by atoms with Gasteiger partial charge < -0.3 is 9.47 Å².